The predicted molar refractivity (Wildman–Crippen MR) is 55.6 cm³/mol. The van der Waals surface area contributed by atoms with Crippen molar-refractivity contribution in [1.29, 1.82) is 0 Å². The number of rotatable bonds is 7. The van der Waals surface area contributed by atoms with Crippen molar-refractivity contribution in [1.82, 2.24) is 0 Å². The lowest BCUT2D eigenvalue weighted by atomic mass is 9.80. The van der Waals surface area contributed by atoms with Crippen LogP contribution in [-0.4, -0.2) is 22.4 Å². The van der Waals surface area contributed by atoms with E-state index < -0.39 is 5.60 Å². The normalized spacial score (nSPS) is 14.5. The van der Waals surface area contributed by atoms with Gasteiger partial charge in [0.1, 0.15) is 0 Å². The molecule has 0 aliphatic carbocycles. The van der Waals surface area contributed by atoms with Gasteiger partial charge in [0.05, 0.1) is 5.60 Å². The largest absolute Gasteiger partial charge is 0.396 e. The van der Waals surface area contributed by atoms with Crippen molar-refractivity contribution in [3.8, 4) is 0 Å². The topological polar surface area (TPSA) is 40.5 Å². The van der Waals surface area contributed by atoms with E-state index in [1.807, 2.05) is 13.8 Å². The van der Waals surface area contributed by atoms with Crippen LogP contribution in [0.2, 0.25) is 0 Å². The van der Waals surface area contributed by atoms with Gasteiger partial charge in [-0.15, -0.1) is 0 Å². The van der Waals surface area contributed by atoms with Gasteiger partial charge in [-0.1, -0.05) is 33.6 Å². The fraction of sp³-hybridized carbons (Fsp3) is 1.00. The third kappa shape index (κ3) is 3.65. The van der Waals surface area contributed by atoms with E-state index >= 15 is 0 Å². The second-order valence-electron chi connectivity index (χ2n) is 3.83. The average Bonchev–Trinajstić information content (AvgIpc) is 2.18. The van der Waals surface area contributed by atoms with Crippen LogP contribution >= 0.6 is 0 Å². The second-order valence-corrected chi connectivity index (χ2v) is 3.83. The van der Waals surface area contributed by atoms with Gasteiger partial charge in [-0.3, -0.25) is 0 Å². The molecule has 0 aromatic rings. The number of hydrogen-bond acceptors (Lipinski definition) is 2. The van der Waals surface area contributed by atoms with E-state index in [1.54, 1.807) is 0 Å². The van der Waals surface area contributed by atoms with E-state index in [9.17, 15) is 10.2 Å². The highest BCUT2D eigenvalue weighted by Crippen LogP contribution is 2.28. The van der Waals surface area contributed by atoms with Crippen molar-refractivity contribution in [2.24, 2.45) is 5.92 Å². The molecule has 0 aliphatic heterocycles. The van der Waals surface area contributed by atoms with Gasteiger partial charge in [-0.25, -0.2) is 0 Å². The van der Waals surface area contributed by atoms with Crippen LogP contribution in [0.5, 0.6) is 0 Å². The Bertz CT molecular complexity index is 119. The summed E-state index contributed by atoms with van der Waals surface area (Å²) in [4.78, 5) is 0. The quantitative estimate of drug-likeness (QED) is 0.644. The van der Waals surface area contributed by atoms with E-state index in [0.717, 1.165) is 32.1 Å². The average molecular weight is 188 g/mol. The van der Waals surface area contributed by atoms with Gasteiger partial charge in [0, 0.05) is 12.5 Å². The minimum Gasteiger partial charge on any atom is -0.396 e. The van der Waals surface area contributed by atoms with Crippen molar-refractivity contribution >= 4 is 0 Å². The summed E-state index contributed by atoms with van der Waals surface area (Å²) >= 11 is 0. The molecule has 1 atom stereocenters. The maximum Gasteiger partial charge on any atom is 0.0692 e. The molecule has 0 heterocycles. The van der Waals surface area contributed by atoms with Crippen molar-refractivity contribution in [2.45, 2.75) is 58.5 Å². The summed E-state index contributed by atoms with van der Waals surface area (Å²) in [5.74, 6) is 0.0578. The summed E-state index contributed by atoms with van der Waals surface area (Å²) in [7, 11) is 0. The number of aliphatic hydroxyl groups excluding tert-OH is 1. The molecule has 2 N–H and O–H groups in total. The summed E-state index contributed by atoms with van der Waals surface area (Å²) < 4.78 is 0. The summed E-state index contributed by atoms with van der Waals surface area (Å²) in [5, 5.41) is 19.3. The van der Waals surface area contributed by atoms with E-state index in [4.69, 9.17) is 0 Å². The highest BCUT2D eigenvalue weighted by molar-refractivity contribution is 4.83. The third-order valence-electron chi connectivity index (χ3n) is 3.11. The molecule has 13 heavy (non-hydrogen) atoms. The number of hydrogen-bond donors (Lipinski definition) is 2. The number of aliphatic hydroxyl groups is 2. The van der Waals surface area contributed by atoms with E-state index in [2.05, 4.69) is 6.92 Å². The zero-order valence-corrected chi connectivity index (χ0v) is 9.21. The molecule has 0 aromatic heterocycles. The fourth-order valence-electron chi connectivity index (χ4n) is 1.81. The molecule has 0 radical (unpaired) electrons. The molecule has 0 saturated heterocycles. The van der Waals surface area contributed by atoms with Crippen molar-refractivity contribution in [3.05, 3.63) is 0 Å². The zero-order valence-electron chi connectivity index (χ0n) is 9.21. The van der Waals surface area contributed by atoms with Gasteiger partial charge in [0.15, 0.2) is 0 Å². The second kappa shape index (κ2) is 6.39. The Hall–Kier alpha value is -0.0800. The Kier molecular flexibility index (Phi) is 6.35. The van der Waals surface area contributed by atoms with Gasteiger partial charge in [-0.2, -0.15) is 0 Å². The summed E-state index contributed by atoms with van der Waals surface area (Å²) in [6.07, 6.45) is 4.62. The minimum absolute atomic E-state index is 0.0578. The first-order chi connectivity index (χ1) is 6.14. The maximum atomic E-state index is 10.2. The molecule has 0 aliphatic rings. The predicted octanol–water partition coefficient (Wildman–Crippen LogP) is 2.34. The first-order valence-electron chi connectivity index (χ1n) is 5.47. The molecule has 80 valence electrons. The van der Waals surface area contributed by atoms with Crippen molar-refractivity contribution in [2.75, 3.05) is 6.61 Å². The highest BCUT2D eigenvalue weighted by Gasteiger charge is 2.31. The fourth-order valence-corrected chi connectivity index (χ4v) is 1.81. The molecule has 0 aromatic carbocycles. The number of unbranched alkanes of at least 4 members (excludes halogenated alkanes) is 1. The monoisotopic (exact) mass is 188 g/mol. The molecule has 0 fully saturated rings. The molecule has 2 heteroatoms. The molecular weight excluding hydrogens is 164 g/mol. The van der Waals surface area contributed by atoms with Crippen LogP contribution in [0, 0.1) is 5.92 Å². The van der Waals surface area contributed by atoms with E-state index in [0.29, 0.717) is 0 Å². The lowest BCUT2D eigenvalue weighted by Crippen LogP contribution is -2.38. The Labute approximate surface area is 82.0 Å². The van der Waals surface area contributed by atoms with Crippen LogP contribution in [0.3, 0.4) is 0 Å². The SMILES string of the molecule is CCCCC(CO)C(O)(CC)CC. The van der Waals surface area contributed by atoms with Crippen LogP contribution in [0.1, 0.15) is 52.9 Å². The van der Waals surface area contributed by atoms with Gasteiger partial charge >= 0.3 is 0 Å². The lowest BCUT2D eigenvalue weighted by Gasteiger charge is -2.33. The Morgan fingerprint density at radius 2 is 1.69 bits per heavy atom. The molecule has 2 nitrogen and oxygen atoms in total. The van der Waals surface area contributed by atoms with Crippen LogP contribution in [0.4, 0.5) is 0 Å². The van der Waals surface area contributed by atoms with Crippen LogP contribution < -0.4 is 0 Å². The van der Waals surface area contributed by atoms with Crippen LogP contribution in [-0.2, 0) is 0 Å². The Morgan fingerprint density at radius 3 is 2.00 bits per heavy atom. The minimum atomic E-state index is -0.649. The summed E-state index contributed by atoms with van der Waals surface area (Å²) in [6, 6.07) is 0. The molecule has 0 spiro atoms. The molecule has 0 saturated carbocycles. The lowest BCUT2D eigenvalue weighted by molar-refractivity contribution is -0.0497. The van der Waals surface area contributed by atoms with Crippen LogP contribution in [0.15, 0.2) is 0 Å². The maximum absolute atomic E-state index is 10.2. The molecule has 0 amide bonds. The molecule has 0 bridgehead atoms. The standard InChI is InChI=1S/C11H24O2/c1-4-7-8-10(9-12)11(13,5-2)6-3/h10,12-13H,4-9H2,1-3H3. The van der Waals surface area contributed by atoms with Gasteiger partial charge in [0.2, 0.25) is 0 Å². The van der Waals surface area contributed by atoms with Gasteiger partial charge < -0.3 is 10.2 Å². The highest BCUT2D eigenvalue weighted by atomic mass is 16.3. The first-order valence-corrected chi connectivity index (χ1v) is 5.47. The van der Waals surface area contributed by atoms with Crippen molar-refractivity contribution in [3.63, 3.8) is 0 Å². The van der Waals surface area contributed by atoms with E-state index in [1.165, 1.54) is 0 Å². The zero-order chi connectivity index (χ0) is 10.3. The Balaban J connectivity index is 4.16. The summed E-state index contributed by atoms with van der Waals surface area (Å²) in [6.45, 7) is 6.21. The smallest absolute Gasteiger partial charge is 0.0692 e. The third-order valence-corrected chi connectivity index (χ3v) is 3.11. The van der Waals surface area contributed by atoms with E-state index in [-0.39, 0.29) is 12.5 Å². The summed E-state index contributed by atoms with van der Waals surface area (Å²) in [5.41, 5.74) is -0.649. The molecule has 1 unspecified atom stereocenters. The molecular formula is C11H24O2. The van der Waals surface area contributed by atoms with Crippen LogP contribution in [0.25, 0.3) is 0 Å². The Morgan fingerprint density at radius 1 is 1.15 bits per heavy atom. The molecule has 0 rings (SSSR count). The van der Waals surface area contributed by atoms with Gasteiger partial charge in [0.25, 0.3) is 0 Å². The first kappa shape index (κ1) is 12.9. The van der Waals surface area contributed by atoms with Crippen molar-refractivity contribution < 1.29 is 10.2 Å². The van der Waals surface area contributed by atoms with Gasteiger partial charge in [-0.05, 0) is 19.3 Å².